The van der Waals surface area contributed by atoms with Gasteiger partial charge in [0, 0.05) is 43.5 Å². The Hall–Kier alpha value is -2.80. The van der Waals surface area contributed by atoms with E-state index in [0.717, 1.165) is 69.9 Å². The van der Waals surface area contributed by atoms with Gasteiger partial charge in [0.1, 0.15) is 5.69 Å². The number of halogens is 1. The lowest BCUT2D eigenvalue weighted by Crippen LogP contribution is -2.32. The summed E-state index contributed by atoms with van der Waals surface area (Å²) < 4.78 is 0. The molecule has 0 unspecified atom stereocenters. The van der Waals surface area contributed by atoms with E-state index in [-0.39, 0.29) is 11.3 Å². The molecule has 0 saturated carbocycles. The maximum absolute atomic E-state index is 12.8. The van der Waals surface area contributed by atoms with E-state index in [2.05, 4.69) is 17.1 Å². The number of amides is 1. The van der Waals surface area contributed by atoms with Crippen molar-refractivity contribution in [3.05, 3.63) is 57.1 Å². The van der Waals surface area contributed by atoms with Gasteiger partial charge in [-0.25, -0.2) is 0 Å². The van der Waals surface area contributed by atoms with E-state index >= 15 is 0 Å². The van der Waals surface area contributed by atoms with Gasteiger partial charge < -0.3 is 15.1 Å². The number of nitro benzene ring substituents is 1. The monoisotopic (exact) mass is 456 g/mol. The second-order valence-electron chi connectivity index (χ2n) is 8.80. The molecule has 0 spiro atoms. The number of carbonyl (C=O) groups is 1. The first kappa shape index (κ1) is 22.4. The summed E-state index contributed by atoms with van der Waals surface area (Å²) in [5.74, 6) is 0.336. The first-order valence-electron chi connectivity index (χ1n) is 11.3. The van der Waals surface area contributed by atoms with Crippen LogP contribution in [0.5, 0.6) is 0 Å². The fourth-order valence-corrected chi connectivity index (χ4v) is 4.81. The van der Waals surface area contributed by atoms with Crippen molar-refractivity contribution < 1.29 is 9.72 Å². The number of nitro groups is 1. The van der Waals surface area contributed by atoms with Crippen LogP contribution in [0.1, 0.15) is 49.4 Å². The minimum absolute atomic E-state index is 0.0349. The number of nitrogens with zero attached hydrogens (tertiary/aromatic N) is 3. The smallest absolute Gasteiger partial charge is 0.293 e. The van der Waals surface area contributed by atoms with Gasteiger partial charge in [-0.2, -0.15) is 0 Å². The fourth-order valence-electron chi connectivity index (χ4n) is 4.51. The van der Waals surface area contributed by atoms with E-state index in [4.69, 9.17) is 11.6 Å². The summed E-state index contributed by atoms with van der Waals surface area (Å²) in [6, 6.07) is 10.2. The molecule has 0 atom stereocenters. The van der Waals surface area contributed by atoms with Crippen LogP contribution < -0.4 is 15.1 Å². The summed E-state index contributed by atoms with van der Waals surface area (Å²) >= 11 is 6.51. The predicted octanol–water partition coefficient (Wildman–Crippen LogP) is 5.73. The summed E-state index contributed by atoms with van der Waals surface area (Å²) in [4.78, 5) is 28.4. The van der Waals surface area contributed by atoms with Crippen LogP contribution in [0.15, 0.2) is 36.4 Å². The van der Waals surface area contributed by atoms with Crippen molar-refractivity contribution in [3.63, 3.8) is 0 Å². The quantitative estimate of drug-likeness (QED) is 0.459. The number of piperidine rings is 2. The van der Waals surface area contributed by atoms with E-state index in [1.807, 2.05) is 17.0 Å². The van der Waals surface area contributed by atoms with Gasteiger partial charge in [0.05, 0.1) is 15.6 Å². The molecule has 2 heterocycles. The zero-order chi connectivity index (χ0) is 22.7. The van der Waals surface area contributed by atoms with Crippen LogP contribution in [0.4, 0.5) is 22.7 Å². The number of benzene rings is 2. The summed E-state index contributed by atoms with van der Waals surface area (Å²) in [5.41, 5.74) is 2.33. The van der Waals surface area contributed by atoms with Gasteiger partial charge in [-0.05, 0) is 68.4 Å². The van der Waals surface area contributed by atoms with Crippen molar-refractivity contribution in [1.82, 2.24) is 0 Å². The van der Waals surface area contributed by atoms with Crippen molar-refractivity contribution in [2.24, 2.45) is 5.92 Å². The molecule has 0 radical (unpaired) electrons. The largest absolute Gasteiger partial charge is 0.370 e. The number of nitrogens with one attached hydrogen (secondary N) is 1. The third-order valence-corrected chi connectivity index (χ3v) is 6.76. The minimum atomic E-state index is -0.411. The molecule has 170 valence electrons. The van der Waals surface area contributed by atoms with Crippen LogP contribution in [-0.4, -0.2) is 37.0 Å². The van der Waals surface area contributed by atoms with E-state index in [1.165, 1.54) is 6.07 Å². The summed E-state index contributed by atoms with van der Waals surface area (Å²) in [5, 5.41) is 15.1. The van der Waals surface area contributed by atoms with Crippen molar-refractivity contribution in [2.75, 3.05) is 41.3 Å². The molecule has 2 aliphatic rings. The molecule has 8 heteroatoms. The molecule has 32 heavy (non-hydrogen) atoms. The SMILES string of the molecule is CC1CCN(c2ccc(NC(=O)c3ccc(N4CCCCC4)c([N+](=O)[O-])c3)cc2Cl)CC1. The third-order valence-electron chi connectivity index (χ3n) is 6.46. The Kier molecular flexibility index (Phi) is 6.84. The molecule has 2 aromatic carbocycles. The Morgan fingerprint density at radius 1 is 1.00 bits per heavy atom. The highest BCUT2D eigenvalue weighted by Crippen LogP contribution is 2.33. The number of hydrogen-bond acceptors (Lipinski definition) is 5. The second-order valence-corrected chi connectivity index (χ2v) is 9.21. The lowest BCUT2D eigenvalue weighted by Gasteiger charge is -2.32. The normalized spacial score (nSPS) is 17.3. The first-order chi connectivity index (χ1) is 15.4. The third kappa shape index (κ3) is 4.99. The molecule has 7 nitrogen and oxygen atoms in total. The van der Waals surface area contributed by atoms with Crippen molar-refractivity contribution in [2.45, 2.75) is 39.0 Å². The van der Waals surface area contributed by atoms with Crippen molar-refractivity contribution in [3.8, 4) is 0 Å². The van der Waals surface area contributed by atoms with Gasteiger partial charge in [0.15, 0.2) is 0 Å². The number of rotatable bonds is 5. The van der Waals surface area contributed by atoms with Crippen LogP contribution in [-0.2, 0) is 0 Å². The average Bonchev–Trinajstić information content (AvgIpc) is 2.80. The van der Waals surface area contributed by atoms with E-state index < -0.39 is 10.8 Å². The Labute approximate surface area is 193 Å². The molecule has 0 aromatic heterocycles. The second kappa shape index (κ2) is 9.77. The molecule has 0 aliphatic carbocycles. The molecule has 1 N–H and O–H groups in total. The van der Waals surface area contributed by atoms with Crippen LogP contribution in [0.2, 0.25) is 5.02 Å². The van der Waals surface area contributed by atoms with E-state index in [0.29, 0.717) is 16.4 Å². The summed E-state index contributed by atoms with van der Waals surface area (Å²) in [6.07, 6.45) is 5.46. The highest BCUT2D eigenvalue weighted by atomic mass is 35.5. The van der Waals surface area contributed by atoms with E-state index in [9.17, 15) is 14.9 Å². The Morgan fingerprint density at radius 2 is 1.66 bits per heavy atom. The Morgan fingerprint density at radius 3 is 2.31 bits per heavy atom. The zero-order valence-corrected chi connectivity index (χ0v) is 19.1. The van der Waals surface area contributed by atoms with Gasteiger partial charge in [-0.15, -0.1) is 0 Å². The number of anilines is 3. The molecule has 2 aromatic rings. The number of hydrogen-bond donors (Lipinski definition) is 1. The molecule has 2 saturated heterocycles. The highest BCUT2D eigenvalue weighted by Gasteiger charge is 2.23. The van der Waals surface area contributed by atoms with Gasteiger partial charge >= 0.3 is 0 Å². The maximum atomic E-state index is 12.8. The Balaban J connectivity index is 1.49. The zero-order valence-electron chi connectivity index (χ0n) is 18.3. The molecular formula is C24H29ClN4O3. The molecular weight excluding hydrogens is 428 g/mol. The first-order valence-corrected chi connectivity index (χ1v) is 11.7. The summed E-state index contributed by atoms with van der Waals surface area (Å²) in [7, 11) is 0. The molecule has 2 fully saturated rings. The van der Waals surface area contributed by atoms with Gasteiger partial charge in [-0.3, -0.25) is 14.9 Å². The van der Waals surface area contributed by atoms with Gasteiger partial charge in [-0.1, -0.05) is 18.5 Å². The Bertz CT molecular complexity index is 999. The van der Waals surface area contributed by atoms with Gasteiger partial charge in [0.2, 0.25) is 0 Å². The summed E-state index contributed by atoms with van der Waals surface area (Å²) in [6.45, 7) is 5.81. The standard InChI is InChI=1S/C24H29ClN4O3/c1-17-9-13-28(14-10-17)21-8-6-19(16-20(21)25)26-24(30)18-5-7-22(23(15-18)29(31)32)27-11-3-2-4-12-27/h5-8,15-17H,2-4,9-14H2,1H3,(H,26,30). The molecule has 1 amide bonds. The van der Waals surface area contributed by atoms with Crippen molar-refractivity contribution in [1.29, 1.82) is 0 Å². The van der Waals surface area contributed by atoms with Crippen LogP contribution in [0.25, 0.3) is 0 Å². The molecule has 4 rings (SSSR count). The molecule has 0 bridgehead atoms. The van der Waals surface area contributed by atoms with Gasteiger partial charge in [0.25, 0.3) is 11.6 Å². The maximum Gasteiger partial charge on any atom is 0.293 e. The van der Waals surface area contributed by atoms with Crippen LogP contribution >= 0.6 is 11.6 Å². The average molecular weight is 457 g/mol. The lowest BCUT2D eigenvalue weighted by atomic mass is 9.99. The lowest BCUT2D eigenvalue weighted by molar-refractivity contribution is -0.384. The van der Waals surface area contributed by atoms with Crippen LogP contribution in [0, 0.1) is 16.0 Å². The van der Waals surface area contributed by atoms with E-state index in [1.54, 1.807) is 18.2 Å². The van der Waals surface area contributed by atoms with Crippen molar-refractivity contribution >= 4 is 40.3 Å². The minimum Gasteiger partial charge on any atom is -0.370 e. The fraction of sp³-hybridized carbons (Fsp3) is 0.458. The highest BCUT2D eigenvalue weighted by molar-refractivity contribution is 6.33. The van der Waals surface area contributed by atoms with Crippen LogP contribution in [0.3, 0.4) is 0 Å². The predicted molar refractivity (Wildman–Crippen MR) is 129 cm³/mol. The topological polar surface area (TPSA) is 78.7 Å². The number of carbonyl (C=O) groups excluding carboxylic acids is 1. The molecule has 2 aliphatic heterocycles.